The van der Waals surface area contributed by atoms with Gasteiger partial charge < -0.3 is 10.8 Å². The molecule has 1 aromatic rings. The number of hydrogen-bond acceptors (Lipinski definition) is 2. The average Bonchev–Trinajstić information content (AvgIpc) is 2.74. The van der Waals surface area contributed by atoms with Crippen LogP contribution in [0, 0.1) is 0 Å². The Kier molecular flexibility index (Phi) is 22.4. The number of phenolic OH excluding ortho intramolecular Hbond substituents is 1. The van der Waals surface area contributed by atoms with E-state index in [0.29, 0.717) is 5.75 Å². The Bertz CT molecular complexity index is 422. The molecule has 0 saturated heterocycles. The van der Waals surface area contributed by atoms with Crippen molar-refractivity contribution in [2.75, 3.05) is 6.54 Å². The molecule has 170 valence electrons. The highest BCUT2D eigenvalue weighted by atomic mass is 16.3. The Hall–Kier alpha value is -1.02. The molecule has 0 atom stereocenters. The molecule has 1 rings (SSSR count). The fourth-order valence-corrected chi connectivity index (χ4v) is 3.63. The van der Waals surface area contributed by atoms with Crippen molar-refractivity contribution < 1.29 is 5.11 Å². The molecule has 0 unspecified atom stereocenters. The summed E-state index contributed by atoms with van der Waals surface area (Å²) < 4.78 is 0. The molecule has 0 saturated carbocycles. The van der Waals surface area contributed by atoms with E-state index in [9.17, 15) is 5.11 Å². The van der Waals surface area contributed by atoms with E-state index in [4.69, 9.17) is 5.73 Å². The number of phenols is 1. The second-order valence-electron chi connectivity index (χ2n) is 8.47. The molecule has 0 amide bonds. The standard InChI is InChI=1S/C15H24O.C12H27N/c1-2-3-4-5-6-7-8-11-14-12-9-10-13-15(14)16;1-2-3-4-5-6-7-8-9-10-11-12-13/h9-10,12-13,16H,2-8,11H2,1H3;2-13H2,1H3. The zero-order valence-electron chi connectivity index (χ0n) is 19.8. The van der Waals surface area contributed by atoms with Gasteiger partial charge in [-0.15, -0.1) is 0 Å². The van der Waals surface area contributed by atoms with Crippen LogP contribution in [0.4, 0.5) is 0 Å². The minimum absolute atomic E-state index is 0.452. The molecular formula is C27H51NO. The highest BCUT2D eigenvalue weighted by molar-refractivity contribution is 5.31. The van der Waals surface area contributed by atoms with Crippen LogP contribution in [0.1, 0.15) is 129 Å². The van der Waals surface area contributed by atoms with E-state index in [0.717, 1.165) is 18.5 Å². The number of nitrogens with two attached hydrogens (primary N) is 1. The lowest BCUT2D eigenvalue weighted by Crippen LogP contribution is -1.97. The summed E-state index contributed by atoms with van der Waals surface area (Å²) in [5.41, 5.74) is 6.52. The second kappa shape index (κ2) is 23.3. The topological polar surface area (TPSA) is 46.2 Å². The zero-order valence-corrected chi connectivity index (χ0v) is 19.8. The van der Waals surface area contributed by atoms with Gasteiger partial charge in [0.05, 0.1) is 0 Å². The lowest BCUT2D eigenvalue weighted by molar-refractivity contribution is 0.466. The fraction of sp³-hybridized carbons (Fsp3) is 0.778. The number of benzene rings is 1. The summed E-state index contributed by atoms with van der Waals surface area (Å²) >= 11 is 0. The van der Waals surface area contributed by atoms with Gasteiger partial charge in [0.2, 0.25) is 0 Å². The molecular weight excluding hydrogens is 354 g/mol. The van der Waals surface area contributed by atoms with Gasteiger partial charge in [-0.1, -0.05) is 128 Å². The minimum atomic E-state index is 0.452. The first-order valence-electron chi connectivity index (χ1n) is 12.7. The number of unbranched alkanes of at least 4 members (excludes halogenated alkanes) is 15. The maximum atomic E-state index is 9.58. The number of hydrogen-bond donors (Lipinski definition) is 2. The van der Waals surface area contributed by atoms with E-state index in [-0.39, 0.29) is 0 Å². The molecule has 0 aliphatic heterocycles. The number of para-hydroxylation sites is 1. The summed E-state index contributed by atoms with van der Waals surface area (Å²) in [6.07, 6.45) is 24.2. The summed E-state index contributed by atoms with van der Waals surface area (Å²) in [4.78, 5) is 0. The molecule has 0 aromatic heterocycles. The highest BCUT2D eigenvalue weighted by Crippen LogP contribution is 2.18. The van der Waals surface area contributed by atoms with Gasteiger partial charge in [-0.3, -0.25) is 0 Å². The van der Waals surface area contributed by atoms with Crippen molar-refractivity contribution in [3.05, 3.63) is 29.8 Å². The number of aromatic hydroxyl groups is 1. The van der Waals surface area contributed by atoms with Gasteiger partial charge in [0, 0.05) is 0 Å². The molecule has 0 aliphatic carbocycles. The van der Waals surface area contributed by atoms with Crippen molar-refractivity contribution in [2.24, 2.45) is 5.73 Å². The summed E-state index contributed by atoms with van der Waals surface area (Å²) in [6, 6.07) is 7.67. The van der Waals surface area contributed by atoms with Gasteiger partial charge in [0.15, 0.2) is 0 Å². The molecule has 0 heterocycles. The van der Waals surface area contributed by atoms with Crippen LogP contribution in [-0.2, 0) is 6.42 Å². The third kappa shape index (κ3) is 20.0. The van der Waals surface area contributed by atoms with Crippen molar-refractivity contribution in [1.82, 2.24) is 0 Å². The molecule has 0 radical (unpaired) electrons. The van der Waals surface area contributed by atoms with Crippen molar-refractivity contribution in [1.29, 1.82) is 0 Å². The maximum Gasteiger partial charge on any atom is 0.118 e. The number of rotatable bonds is 18. The van der Waals surface area contributed by atoms with Crippen molar-refractivity contribution in [3.63, 3.8) is 0 Å². The van der Waals surface area contributed by atoms with E-state index in [2.05, 4.69) is 13.8 Å². The van der Waals surface area contributed by atoms with Crippen molar-refractivity contribution >= 4 is 0 Å². The Morgan fingerprint density at radius 1 is 0.586 bits per heavy atom. The summed E-state index contributed by atoms with van der Waals surface area (Å²) in [6.45, 7) is 5.39. The van der Waals surface area contributed by atoms with Crippen LogP contribution in [0.5, 0.6) is 5.75 Å². The third-order valence-corrected chi connectivity index (χ3v) is 5.60. The van der Waals surface area contributed by atoms with Crippen LogP contribution >= 0.6 is 0 Å². The largest absolute Gasteiger partial charge is 0.508 e. The first-order chi connectivity index (χ1) is 14.3. The van der Waals surface area contributed by atoms with E-state index in [1.165, 1.54) is 109 Å². The summed E-state index contributed by atoms with van der Waals surface area (Å²) in [5.74, 6) is 0.452. The molecule has 0 spiro atoms. The molecule has 3 N–H and O–H groups in total. The minimum Gasteiger partial charge on any atom is -0.508 e. The molecule has 29 heavy (non-hydrogen) atoms. The lowest BCUT2D eigenvalue weighted by atomic mass is 10.0. The van der Waals surface area contributed by atoms with Gasteiger partial charge in [0.1, 0.15) is 5.75 Å². The van der Waals surface area contributed by atoms with Crippen molar-refractivity contribution in [3.8, 4) is 5.75 Å². The van der Waals surface area contributed by atoms with Gasteiger partial charge >= 0.3 is 0 Å². The summed E-state index contributed by atoms with van der Waals surface area (Å²) in [5, 5.41) is 9.58. The van der Waals surface area contributed by atoms with Crippen LogP contribution in [0.2, 0.25) is 0 Å². The van der Waals surface area contributed by atoms with Crippen molar-refractivity contribution in [2.45, 2.75) is 129 Å². The van der Waals surface area contributed by atoms with Crippen LogP contribution < -0.4 is 5.73 Å². The Morgan fingerprint density at radius 3 is 1.45 bits per heavy atom. The molecule has 0 fully saturated rings. The van der Waals surface area contributed by atoms with Gasteiger partial charge in [-0.25, -0.2) is 0 Å². The Labute approximate surface area is 182 Å². The first-order valence-corrected chi connectivity index (χ1v) is 12.7. The van der Waals surface area contributed by atoms with E-state index < -0.39 is 0 Å². The quantitative estimate of drug-likeness (QED) is 0.240. The van der Waals surface area contributed by atoms with Gasteiger partial charge in [-0.2, -0.15) is 0 Å². The van der Waals surface area contributed by atoms with Crippen LogP contribution in [0.15, 0.2) is 24.3 Å². The summed E-state index contributed by atoms with van der Waals surface area (Å²) in [7, 11) is 0. The van der Waals surface area contributed by atoms with Gasteiger partial charge in [-0.05, 0) is 37.4 Å². The average molecular weight is 406 g/mol. The van der Waals surface area contributed by atoms with Crippen LogP contribution in [0.3, 0.4) is 0 Å². The van der Waals surface area contributed by atoms with Crippen LogP contribution in [0.25, 0.3) is 0 Å². The number of aryl methyl sites for hydroxylation is 1. The van der Waals surface area contributed by atoms with E-state index in [1.54, 1.807) is 6.07 Å². The first kappa shape index (κ1) is 28.0. The Balaban J connectivity index is 0.000000555. The molecule has 0 aliphatic rings. The third-order valence-electron chi connectivity index (χ3n) is 5.60. The predicted octanol–water partition coefficient (Wildman–Crippen LogP) is 8.55. The lowest BCUT2D eigenvalue weighted by Gasteiger charge is -2.04. The monoisotopic (exact) mass is 405 g/mol. The molecule has 0 bridgehead atoms. The van der Waals surface area contributed by atoms with Gasteiger partial charge in [0.25, 0.3) is 0 Å². The predicted molar refractivity (Wildman–Crippen MR) is 131 cm³/mol. The van der Waals surface area contributed by atoms with E-state index >= 15 is 0 Å². The molecule has 1 aromatic carbocycles. The SMILES string of the molecule is CCCCCCCCCCCCN.CCCCCCCCCc1ccccc1O. The van der Waals surface area contributed by atoms with Crippen LogP contribution in [-0.4, -0.2) is 11.7 Å². The normalized spacial score (nSPS) is 10.6. The highest BCUT2D eigenvalue weighted by Gasteiger charge is 1.98. The molecule has 2 heteroatoms. The Morgan fingerprint density at radius 2 is 1.00 bits per heavy atom. The smallest absolute Gasteiger partial charge is 0.118 e. The maximum absolute atomic E-state index is 9.58. The van der Waals surface area contributed by atoms with E-state index in [1.807, 2.05) is 18.2 Å². The zero-order chi connectivity index (χ0) is 21.4. The fourth-order valence-electron chi connectivity index (χ4n) is 3.63. The molecule has 2 nitrogen and oxygen atoms in total. The second-order valence-corrected chi connectivity index (χ2v) is 8.47.